The standard InChI is InChI=1S/C23H29ClN4O2/c1-16-4-7-18(8-5-16)21(28-12-10-27(3)11-13-28)15-25-22(29)23(30)26-20-14-19(24)9-6-17(20)2/h4-9,14,21H,10-13,15H2,1-3H3,(H,25,29)(H,26,30)/p+2/t21-/m0/s1. The van der Waals surface area contributed by atoms with Crippen molar-refractivity contribution in [2.75, 3.05) is 45.1 Å². The molecule has 0 aliphatic carbocycles. The fourth-order valence-corrected chi connectivity index (χ4v) is 4.00. The highest BCUT2D eigenvalue weighted by atomic mass is 35.5. The molecular weight excluding hydrogens is 400 g/mol. The van der Waals surface area contributed by atoms with Crippen LogP contribution in [0.4, 0.5) is 5.69 Å². The Bertz CT molecular complexity index is 893. The predicted molar refractivity (Wildman–Crippen MR) is 119 cm³/mol. The van der Waals surface area contributed by atoms with Crippen molar-refractivity contribution < 1.29 is 19.4 Å². The van der Waals surface area contributed by atoms with Gasteiger partial charge in [-0.05, 0) is 31.5 Å². The first kappa shape index (κ1) is 22.3. The Kier molecular flexibility index (Phi) is 7.48. The van der Waals surface area contributed by atoms with E-state index in [1.165, 1.54) is 20.9 Å². The Hall–Kier alpha value is -2.41. The highest BCUT2D eigenvalue weighted by Crippen LogP contribution is 2.20. The van der Waals surface area contributed by atoms with Gasteiger partial charge in [0.05, 0.1) is 13.6 Å². The van der Waals surface area contributed by atoms with Crippen molar-refractivity contribution in [1.29, 1.82) is 0 Å². The van der Waals surface area contributed by atoms with Gasteiger partial charge in [-0.3, -0.25) is 9.59 Å². The van der Waals surface area contributed by atoms with E-state index in [1.54, 1.807) is 12.1 Å². The van der Waals surface area contributed by atoms with Crippen LogP contribution in [0.5, 0.6) is 0 Å². The summed E-state index contributed by atoms with van der Waals surface area (Å²) in [4.78, 5) is 27.9. The molecule has 1 atom stereocenters. The highest BCUT2D eigenvalue weighted by Gasteiger charge is 2.30. The average Bonchev–Trinajstić information content (AvgIpc) is 2.73. The molecular formula is C23H31ClN4O2+2. The van der Waals surface area contributed by atoms with Gasteiger partial charge in [0.2, 0.25) is 0 Å². The molecule has 0 bridgehead atoms. The lowest BCUT2D eigenvalue weighted by Crippen LogP contribution is -3.27. The highest BCUT2D eigenvalue weighted by molar-refractivity contribution is 6.40. The van der Waals surface area contributed by atoms with Crippen LogP contribution in [-0.2, 0) is 9.59 Å². The smallest absolute Gasteiger partial charge is 0.313 e. The number of hydrogen-bond acceptors (Lipinski definition) is 2. The molecule has 1 aliphatic rings. The molecule has 160 valence electrons. The van der Waals surface area contributed by atoms with E-state index in [0.29, 0.717) is 17.3 Å². The zero-order valence-electron chi connectivity index (χ0n) is 17.8. The van der Waals surface area contributed by atoms with Crippen molar-refractivity contribution in [2.45, 2.75) is 19.9 Å². The fraction of sp³-hybridized carbons (Fsp3) is 0.391. The van der Waals surface area contributed by atoms with Crippen LogP contribution in [0.2, 0.25) is 5.02 Å². The fourth-order valence-electron chi connectivity index (χ4n) is 3.83. The lowest BCUT2D eigenvalue weighted by Gasteiger charge is -2.33. The van der Waals surface area contributed by atoms with Gasteiger partial charge in [-0.25, -0.2) is 0 Å². The number of halogens is 1. The normalized spacial score (nSPS) is 19.7. The molecule has 0 spiro atoms. The van der Waals surface area contributed by atoms with E-state index < -0.39 is 11.8 Å². The monoisotopic (exact) mass is 430 g/mol. The van der Waals surface area contributed by atoms with E-state index >= 15 is 0 Å². The largest absolute Gasteiger partial charge is 0.341 e. The molecule has 0 radical (unpaired) electrons. The van der Waals surface area contributed by atoms with E-state index in [0.717, 1.165) is 31.7 Å². The first-order chi connectivity index (χ1) is 14.3. The summed E-state index contributed by atoms with van der Waals surface area (Å²) in [5, 5.41) is 6.02. The van der Waals surface area contributed by atoms with Gasteiger partial charge in [0.1, 0.15) is 32.2 Å². The van der Waals surface area contributed by atoms with E-state index in [2.05, 4.69) is 48.9 Å². The van der Waals surface area contributed by atoms with Crippen LogP contribution in [0, 0.1) is 13.8 Å². The maximum atomic E-state index is 12.5. The van der Waals surface area contributed by atoms with Gasteiger partial charge in [0.25, 0.3) is 0 Å². The van der Waals surface area contributed by atoms with Gasteiger partial charge in [-0.15, -0.1) is 0 Å². The van der Waals surface area contributed by atoms with Gasteiger partial charge in [0.15, 0.2) is 0 Å². The van der Waals surface area contributed by atoms with Crippen molar-refractivity contribution in [1.82, 2.24) is 5.32 Å². The number of nitrogens with one attached hydrogen (secondary N) is 4. The third-order valence-electron chi connectivity index (χ3n) is 5.84. The van der Waals surface area contributed by atoms with Crippen LogP contribution in [0.3, 0.4) is 0 Å². The molecule has 3 rings (SSSR count). The number of piperazine rings is 1. The molecule has 2 aromatic rings. The van der Waals surface area contributed by atoms with E-state index in [1.807, 2.05) is 13.0 Å². The number of quaternary nitrogens is 2. The third-order valence-corrected chi connectivity index (χ3v) is 6.07. The van der Waals surface area contributed by atoms with Crippen molar-refractivity contribution in [3.8, 4) is 0 Å². The number of amides is 2. The molecule has 0 saturated carbocycles. The zero-order chi connectivity index (χ0) is 21.7. The van der Waals surface area contributed by atoms with E-state index in [9.17, 15) is 9.59 Å². The zero-order valence-corrected chi connectivity index (χ0v) is 18.6. The molecule has 2 aromatic carbocycles. The first-order valence-electron chi connectivity index (χ1n) is 10.4. The van der Waals surface area contributed by atoms with Crippen LogP contribution in [-0.4, -0.2) is 51.6 Å². The second-order valence-electron chi connectivity index (χ2n) is 8.20. The van der Waals surface area contributed by atoms with Gasteiger partial charge >= 0.3 is 11.8 Å². The minimum atomic E-state index is -0.680. The van der Waals surface area contributed by atoms with E-state index in [4.69, 9.17) is 11.6 Å². The molecule has 0 unspecified atom stereocenters. The van der Waals surface area contributed by atoms with Crippen LogP contribution < -0.4 is 20.4 Å². The molecule has 1 saturated heterocycles. The van der Waals surface area contributed by atoms with Crippen molar-refractivity contribution >= 4 is 29.1 Å². The van der Waals surface area contributed by atoms with Crippen LogP contribution >= 0.6 is 11.6 Å². The Morgan fingerprint density at radius 3 is 2.33 bits per heavy atom. The number of anilines is 1. The average molecular weight is 431 g/mol. The maximum absolute atomic E-state index is 12.5. The summed E-state index contributed by atoms with van der Waals surface area (Å²) in [6, 6.07) is 13.8. The molecule has 4 N–H and O–H groups in total. The number of aryl methyl sites for hydroxylation is 2. The Balaban J connectivity index is 1.66. The molecule has 7 heteroatoms. The summed E-state index contributed by atoms with van der Waals surface area (Å²) in [5.41, 5.74) is 3.78. The Labute approximate surface area is 183 Å². The van der Waals surface area contributed by atoms with Crippen LogP contribution in [0.1, 0.15) is 22.7 Å². The lowest BCUT2D eigenvalue weighted by molar-refractivity contribution is -1.02. The third kappa shape index (κ3) is 5.81. The minimum Gasteiger partial charge on any atom is -0.341 e. The minimum absolute atomic E-state index is 0.114. The summed E-state index contributed by atoms with van der Waals surface area (Å²) in [6.07, 6.45) is 0. The van der Waals surface area contributed by atoms with Gasteiger partial charge in [-0.2, -0.15) is 0 Å². The number of carbonyl (C=O) groups is 2. The summed E-state index contributed by atoms with van der Waals surface area (Å²) in [7, 11) is 2.21. The molecule has 30 heavy (non-hydrogen) atoms. The summed E-state index contributed by atoms with van der Waals surface area (Å²) >= 11 is 6.00. The second-order valence-corrected chi connectivity index (χ2v) is 8.64. The van der Waals surface area contributed by atoms with Crippen molar-refractivity contribution in [2.24, 2.45) is 0 Å². The van der Waals surface area contributed by atoms with Gasteiger partial charge in [-0.1, -0.05) is 47.5 Å². The van der Waals surface area contributed by atoms with Crippen molar-refractivity contribution in [3.05, 3.63) is 64.2 Å². The molecule has 1 fully saturated rings. The predicted octanol–water partition coefficient (Wildman–Crippen LogP) is 0.166. The Morgan fingerprint density at radius 2 is 1.67 bits per heavy atom. The topological polar surface area (TPSA) is 67.1 Å². The summed E-state index contributed by atoms with van der Waals surface area (Å²) < 4.78 is 0. The summed E-state index contributed by atoms with van der Waals surface area (Å²) in [6.45, 7) is 8.60. The number of likely N-dealkylation sites (N-methyl/N-ethyl adjacent to an activating group) is 1. The van der Waals surface area contributed by atoms with Crippen LogP contribution in [0.25, 0.3) is 0 Å². The quantitative estimate of drug-likeness (QED) is 0.511. The number of carbonyl (C=O) groups excluding carboxylic acids is 2. The molecule has 2 amide bonds. The molecule has 6 nitrogen and oxygen atoms in total. The Morgan fingerprint density at radius 1 is 1.00 bits per heavy atom. The maximum Gasteiger partial charge on any atom is 0.313 e. The number of hydrogen-bond donors (Lipinski definition) is 4. The molecule has 0 aromatic heterocycles. The van der Waals surface area contributed by atoms with E-state index in [-0.39, 0.29) is 6.04 Å². The lowest BCUT2D eigenvalue weighted by atomic mass is 10.0. The molecule has 1 aliphatic heterocycles. The van der Waals surface area contributed by atoms with Crippen LogP contribution in [0.15, 0.2) is 42.5 Å². The first-order valence-corrected chi connectivity index (χ1v) is 10.8. The molecule has 1 heterocycles. The van der Waals surface area contributed by atoms with Gasteiger partial charge in [0, 0.05) is 16.3 Å². The van der Waals surface area contributed by atoms with Crippen molar-refractivity contribution in [3.63, 3.8) is 0 Å². The summed E-state index contributed by atoms with van der Waals surface area (Å²) in [5.74, 6) is -1.31. The number of benzene rings is 2. The second kappa shape index (κ2) is 10.1. The number of rotatable bonds is 5. The van der Waals surface area contributed by atoms with Gasteiger partial charge < -0.3 is 20.4 Å². The SMILES string of the molecule is Cc1ccc([C@H](CNC(=O)C(=O)Nc2cc(Cl)ccc2C)[NH+]2CC[NH+](C)CC2)cc1.